The van der Waals surface area contributed by atoms with Gasteiger partial charge in [0.1, 0.15) is 6.10 Å². The van der Waals surface area contributed by atoms with Crippen LogP contribution in [-0.2, 0) is 38.2 Å². The van der Waals surface area contributed by atoms with Crippen LogP contribution in [0, 0.1) is 11.8 Å². The second kappa shape index (κ2) is 11.1. The SMILES string of the molecule is CCCCCC[C@@H](O)[C@@H]1C2=C(C[C@H]([C@H](O)[C@@H]3CC=CC(=O)O3)CC3=C(C(=O)OC3=O)[C@H]1O)C(=O)OC2=O. The van der Waals surface area contributed by atoms with Crippen molar-refractivity contribution in [3.8, 4) is 0 Å². The highest BCUT2D eigenvalue weighted by Crippen LogP contribution is 2.43. The zero-order chi connectivity index (χ0) is 26.9. The number of unbranched alkanes of at least 4 members (excludes halogenated alkanes) is 3. The molecule has 200 valence electrons. The van der Waals surface area contributed by atoms with Gasteiger partial charge in [0, 0.05) is 24.0 Å². The predicted molar refractivity (Wildman–Crippen MR) is 123 cm³/mol. The van der Waals surface area contributed by atoms with Gasteiger partial charge in [0.05, 0.1) is 35.0 Å². The normalized spacial score (nSPS) is 29.7. The molecular formula is C26H30O11. The molecule has 0 spiro atoms. The first-order valence-electron chi connectivity index (χ1n) is 12.5. The van der Waals surface area contributed by atoms with Crippen LogP contribution in [0.25, 0.3) is 0 Å². The van der Waals surface area contributed by atoms with Gasteiger partial charge in [0.15, 0.2) is 0 Å². The Balaban J connectivity index is 1.78. The van der Waals surface area contributed by atoms with E-state index in [1.54, 1.807) is 0 Å². The summed E-state index contributed by atoms with van der Waals surface area (Å²) in [5, 5.41) is 33.6. The molecule has 3 N–H and O–H groups in total. The van der Waals surface area contributed by atoms with Crippen LogP contribution < -0.4 is 0 Å². The van der Waals surface area contributed by atoms with E-state index in [0.29, 0.717) is 6.42 Å². The Kier molecular flexibility index (Phi) is 8.05. The first-order valence-corrected chi connectivity index (χ1v) is 12.5. The average molecular weight is 519 g/mol. The minimum Gasteiger partial charge on any atom is -0.456 e. The van der Waals surface area contributed by atoms with Crippen LogP contribution in [0.15, 0.2) is 34.4 Å². The maximum absolute atomic E-state index is 12.8. The van der Waals surface area contributed by atoms with E-state index in [9.17, 15) is 39.3 Å². The lowest BCUT2D eigenvalue weighted by Crippen LogP contribution is -2.39. The molecule has 0 unspecified atom stereocenters. The second-order valence-electron chi connectivity index (χ2n) is 9.80. The zero-order valence-corrected chi connectivity index (χ0v) is 20.4. The third kappa shape index (κ3) is 5.29. The zero-order valence-electron chi connectivity index (χ0n) is 20.4. The lowest BCUT2D eigenvalue weighted by atomic mass is 9.80. The summed E-state index contributed by atoms with van der Waals surface area (Å²) < 4.78 is 14.8. The predicted octanol–water partition coefficient (Wildman–Crippen LogP) is 0.697. The number of esters is 5. The molecular weight excluding hydrogens is 488 g/mol. The highest BCUT2D eigenvalue weighted by atomic mass is 16.6. The summed E-state index contributed by atoms with van der Waals surface area (Å²) in [6, 6.07) is 0. The third-order valence-electron chi connectivity index (χ3n) is 7.38. The number of rotatable bonds is 8. The van der Waals surface area contributed by atoms with E-state index in [4.69, 9.17) is 14.2 Å². The molecule has 0 radical (unpaired) electrons. The van der Waals surface area contributed by atoms with Crippen LogP contribution >= 0.6 is 0 Å². The number of ether oxygens (including phenoxy) is 3. The molecule has 37 heavy (non-hydrogen) atoms. The molecule has 3 aliphatic heterocycles. The molecule has 11 nitrogen and oxygen atoms in total. The van der Waals surface area contributed by atoms with Crippen LogP contribution in [0.2, 0.25) is 0 Å². The molecule has 0 aromatic heterocycles. The molecule has 6 atom stereocenters. The van der Waals surface area contributed by atoms with Crippen molar-refractivity contribution in [2.75, 3.05) is 0 Å². The first-order chi connectivity index (χ1) is 17.6. The van der Waals surface area contributed by atoms with Gasteiger partial charge in [-0.2, -0.15) is 0 Å². The second-order valence-corrected chi connectivity index (χ2v) is 9.80. The van der Waals surface area contributed by atoms with Crippen molar-refractivity contribution in [3.05, 3.63) is 34.4 Å². The van der Waals surface area contributed by atoms with E-state index in [-0.39, 0.29) is 42.4 Å². The van der Waals surface area contributed by atoms with Crippen LogP contribution in [0.3, 0.4) is 0 Å². The molecule has 0 aromatic carbocycles. The Morgan fingerprint density at radius 2 is 1.51 bits per heavy atom. The summed E-state index contributed by atoms with van der Waals surface area (Å²) >= 11 is 0. The van der Waals surface area contributed by atoms with E-state index >= 15 is 0 Å². The standard InChI is InChI=1S/C26H30O11/c1-2-3-4-5-7-15(27)20-18-13(23(31)36-25(18)33)10-12(21(29)16-8-6-9-17(28)35-16)11-14-19(22(20)30)26(34)37-24(14)32/h6,9,12,15-16,20-22,27,29-30H,2-5,7-8,10-11H2,1H3/t12-,15+,16-,20+,21-,22+/m0/s1. The summed E-state index contributed by atoms with van der Waals surface area (Å²) in [7, 11) is 0. The molecule has 0 fully saturated rings. The number of carbonyl (C=O) groups is 5. The fourth-order valence-corrected chi connectivity index (χ4v) is 5.48. The molecule has 0 saturated carbocycles. The summed E-state index contributed by atoms with van der Waals surface area (Å²) in [6.45, 7) is 2.02. The van der Waals surface area contributed by atoms with E-state index in [1.807, 2.05) is 6.92 Å². The lowest BCUT2D eigenvalue weighted by molar-refractivity contribution is -0.154. The van der Waals surface area contributed by atoms with E-state index in [1.165, 1.54) is 12.2 Å². The van der Waals surface area contributed by atoms with Crippen molar-refractivity contribution in [1.82, 2.24) is 0 Å². The molecule has 4 rings (SSSR count). The topological polar surface area (TPSA) is 174 Å². The third-order valence-corrected chi connectivity index (χ3v) is 7.38. The van der Waals surface area contributed by atoms with Gasteiger partial charge in [-0.25, -0.2) is 24.0 Å². The summed E-state index contributed by atoms with van der Waals surface area (Å²) in [4.78, 5) is 62.6. The maximum atomic E-state index is 12.8. The first kappa shape index (κ1) is 26.9. The number of aliphatic hydroxyl groups excluding tert-OH is 3. The molecule has 4 aliphatic rings. The monoisotopic (exact) mass is 518 g/mol. The number of hydrogen-bond donors (Lipinski definition) is 3. The van der Waals surface area contributed by atoms with Crippen LogP contribution in [-0.4, -0.2) is 69.6 Å². The quantitative estimate of drug-likeness (QED) is 0.179. The number of cyclic esters (lactones) is 5. The Morgan fingerprint density at radius 3 is 2.14 bits per heavy atom. The van der Waals surface area contributed by atoms with Gasteiger partial charge in [-0.05, 0) is 25.2 Å². The van der Waals surface area contributed by atoms with Gasteiger partial charge in [-0.15, -0.1) is 0 Å². The molecule has 0 bridgehead atoms. The Labute approximate surface area is 212 Å². The highest BCUT2D eigenvalue weighted by Gasteiger charge is 2.51. The van der Waals surface area contributed by atoms with Gasteiger partial charge < -0.3 is 29.5 Å². The van der Waals surface area contributed by atoms with Crippen LogP contribution in [0.1, 0.15) is 58.3 Å². The van der Waals surface area contributed by atoms with Crippen LogP contribution in [0.4, 0.5) is 0 Å². The minimum atomic E-state index is -1.84. The van der Waals surface area contributed by atoms with Crippen molar-refractivity contribution in [3.63, 3.8) is 0 Å². The van der Waals surface area contributed by atoms with Crippen LogP contribution in [0.5, 0.6) is 0 Å². The summed E-state index contributed by atoms with van der Waals surface area (Å²) in [6.07, 6.45) is 0.0132. The lowest BCUT2D eigenvalue weighted by Gasteiger charge is -2.30. The molecule has 0 aromatic rings. The highest BCUT2D eigenvalue weighted by molar-refractivity contribution is 6.15. The van der Waals surface area contributed by atoms with Gasteiger partial charge in [0.25, 0.3) is 0 Å². The largest absolute Gasteiger partial charge is 0.456 e. The Morgan fingerprint density at radius 1 is 0.892 bits per heavy atom. The van der Waals surface area contributed by atoms with Crippen molar-refractivity contribution in [2.45, 2.75) is 82.7 Å². The van der Waals surface area contributed by atoms with E-state index in [2.05, 4.69) is 0 Å². The van der Waals surface area contributed by atoms with Gasteiger partial charge >= 0.3 is 29.8 Å². The average Bonchev–Trinajstić information content (AvgIpc) is 3.30. The fraction of sp³-hybridized carbons (Fsp3) is 0.577. The molecule has 3 heterocycles. The van der Waals surface area contributed by atoms with E-state index < -0.39 is 71.7 Å². The molecule has 1 aliphatic carbocycles. The Hall–Kier alpha value is -3.15. The van der Waals surface area contributed by atoms with Gasteiger partial charge in [-0.1, -0.05) is 38.7 Å². The molecule has 11 heteroatoms. The number of carbonyl (C=O) groups excluding carboxylic acids is 5. The summed E-state index contributed by atoms with van der Waals surface area (Å²) in [5.41, 5.74) is -1.10. The number of hydrogen-bond acceptors (Lipinski definition) is 11. The van der Waals surface area contributed by atoms with Gasteiger partial charge in [0.2, 0.25) is 0 Å². The number of aliphatic hydroxyl groups is 3. The van der Waals surface area contributed by atoms with Crippen molar-refractivity contribution in [1.29, 1.82) is 0 Å². The fourth-order valence-electron chi connectivity index (χ4n) is 5.48. The van der Waals surface area contributed by atoms with Crippen molar-refractivity contribution in [2.24, 2.45) is 11.8 Å². The van der Waals surface area contributed by atoms with Crippen molar-refractivity contribution >= 4 is 29.8 Å². The minimum absolute atomic E-state index is 0.155. The van der Waals surface area contributed by atoms with E-state index in [0.717, 1.165) is 19.3 Å². The smallest absolute Gasteiger partial charge is 0.345 e. The molecule has 0 amide bonds. The maximum Gasteiger partial charge on any atom is 0.345 e. The molecule has 0 saturated heterocycles. The summed E-state index contributed by atoms with van der Waals surface area (Å²) in [5.74, 6) is -7.33. The Bertz CT molecular complexity index is 1100. The van der Waals surface area contributed by atoms with Gasteiger partial charge in [-0.3, -0.25) is 0 Å². The van der Waals surface area contributed by atoms with Crippen molar-refractivity contribution < 1.29 is 53.5 Å².